The lowest BCUT2D eigenvalue weighted by Crippen LogP contribution is -2.41. The van der Waals surface area contributed by atoms with Crippen molar-refractivity contribution in [1.82, 2.24) is 15.1 Å². The average molecular weight is 415 g/mol. The summed E-state index contributed by atoms with van der Waals surface area (Å²) in [5.41, 5.74) is 0.490. The topological polar surface area (TPSA) is 64.0 Å². The standard InChI is InChI=1S/C22H20F3N3O2/c1-2-16(26-21(29)12-14-5-3-4-6-17(14)23)13-28-22(30)10-9-20(27-28)15-7-8-18(24)19(25)11-15/h3-11,16H,2,12-13H2,1H3,(H,26,29)/t16-/m1/s1. The van der Waals surface area contributed by atoms with Gasteiger partial charge in [0.1, 0.15) is 5.82 Å². The first-order valence-electron chi connectivity index (χ1n) is 9.43. The van der Waals surface area contributed by atoms with E-state index < -0.39 is 29.1 Å². The van der Waals surface area contributed by atoms with Gasteiger partial charge in [-0.3, -0.25) is 9.59 Å². The van der Waals surface area contributed by atoms with Crippen LogP contribution in [0, 0.1) is 17.5 Å². The number of carbonyl (C=O) groups is 1. The van der Waals surface area contributed by atoms with E-state index in [0.717, 1.165) is 16.8 Å². The Hall–Kier alpha value is -3.42. The summed E-state index contributed by atoms with van der Waals surface area (Å²) >= 11 is 0. The summed E-state index contributed by atoms with van der Waals surface area (Å²) in [6, 6.07) is 11.6. The van der Waals surface area contributed by atoms with Crippen molar-refractivity contribution in [2.24, 2.45) is 0 Å². The van der Waals surface area contributed by atoms with E-state index in [-0.39, 0.29) is 24.4 Å². The van der Waals surface area contributed by atoms with Gasteiger partial charge >= 0.3 is 0 Å². The molecule has 0 aliphatic heterocycles. The van der Waals surface area contributed by atoms with Gasteiger partial charge < -0.3 is 5.32 Å². The maximum Gasteiger partial charge on any atom is 0.266 e. The molecule has 0 saturated heterocycles. The molecule has 156 valence electrons. The Labute approximate surface area is 171 Å². The molecule has 8 heteroatoms. The third-order valence-electron chi connectivity index (χ3n) is 4.64. The van der Waals surface area contributed by atoms with Crippen molar-refractivity contribution in [2.45, 2.75) is 32.4 Å². The molecule has 1 amide bonds. The van der Waals surface area contributed by atoms with Crippen molar-refractivity contribution in [2.75, 3.05) is 0 Å². The van der Waals surface area contributed by atoms with Crippen molar-refractivity contribution < 1.29 is 18.0 Å². The number of carbonyl (C=O) groups excluding carboxylic acids is 1. The van der Waals surface area contributed by atoms with E-state index in [1.54, 1.807) is 12.1 Å². The molecular weight excluding hydrogens is 395 g/mol. The predicted molar refractivity (Wildman–Crippen MR) is 106 cm³/mol. The largest absolute Gasteiger partial charge is 0.351 e. The van der Waals surface area contributed by atoms with Gasteiger partial charge in [0.2, 0.25) is 5.91 Å². The first-order chi connectivity index (χ1) is 14.4. The minimum atomic E-state index is -1.01. The Bertz CT molecular complexity index is 1110. The molecule has 3 rings (SSSR count). The van der Waals surface area contributed by atoms with E-state index in [0.29, 0.717) is 17.7 Å². The van der Waals surface area contributed by atoms with Crippen LogP contribution < -0.4 is 10.9 Å². The smallest absolute Gasteiger partial charge is 0.266 e. The van der Waals surface area contributed by atoms with Gasteiger partial charge in [-0.25, -0.2) is 17.9 Å². The molecule has 0 radical (unpaired) electrons. The molecule has 0 fully saturated rings. The molecule has 1 N–H and O–H groups in total. The zero-order chi connectivity index (χ0) is 21.7. The molecule has 3 aromatic rings. The minimum Gasteiger partial charge on any atom is -0.351 e. The number of nitrogens with zero attached hydrogens (tertiary/aromatic N) is 2. The number of hydrogen-bond acceptors (Lipinski definition) is 3. The molecular formula is C22H20F3N3O2. The Morgan fingerprint density at radius 1 is 1.03 bits per heavy atom. The number of rotatable bonds is 7. The third-order valence-corrected chi connectivity index (χ3v) is 4.64. The van der Waals surface area contributed by atoms with E-state index in [4.69, 9.17) is 0 Å². The molecule has 0 unspecified atom stereocenters. The van der Waals surface area contributed by atoms with Gasteiger partial charge in [0.15, 0.2) is 11.6 Å². The number of halogens is 3. The van der Waals surface area contributed by atoms with Crippen LogP contribution in [0.5, 0.6) is 0 Å². The maximum absolute atomic E-state index is 13.7. The van der Waals surface area contributed by atoms with Gasteiger partial charge in [0.25, 0.3) is 5.56 Å². The van der Waals surface area contributed by atoms with Gasteiger partial charge in [0.05, 0.1) is 18.7 Å². The summed E-state index contributed by atoms with van der Waals surface area (Å²) in [5.74, 6) is -2.83. The molecule has 0 saturated carbocycles. The minimum absolute atomic E-state index is 0.0792. The fourth-order valence-corrected chi connectivity index (χ4v) is 2.97. The van der Waals surface area contributed by atoms with Crippen LogP contribution in [0.3, 0.4) is 0 Å². The van der Waals surface area contributed by atoms with Crippen molar-refractivity contribution in [3.63, 3.8) is 0 Å². The zero-order valence-electron chi connectivity index (χ0n) is 16.2. The van der Waals surface area contributed by atoms with E-state index in [1.807, 2.05) is 6.92 Å². The molecule has 2 aromatic carbocycles. The van der Waals surface area contributed by atoms with Crippen molar-refractivity contribution in [3.8, 4) is 11.3 Å². The van der Waals surface area contributed by atoms with Crippen molar-refractivity contribution in [3.05, 3.63) is 88.0 Å². The molecule has 1 atom stereocenters. The molecule has 0 spiro atoms. The summed E-state index contributed by atoms with van der Waals surface area (Å²) in [4.78, 5) is 24.5. The van der Waals surface area contributed by atoms with Gasteiger partial charge in [-0.1, -0.05) is 25.1 Å². The summed E-state index contributed by atoms with van der Waals surface area (Å²) in [7, 11) is 0. The average Bonchev–Trinajstić information content (AvgIpc) is 2.72. The van der Waals surface area contributed by atoms with Crippen LogP contribution in [0.15, 0.2) is 59.4 Å². The summed E-state index contributed by atoms with van der Waals surface area (Å²) < 4.78 is 41.6. The summed E-state index contributed by atoms with van der Waals surface area (Å²) in [5, 5.41) is 6.99. The van der Waals surface area contributed by atoms with E-state index in [9.17, 15) is 22.8 Å². The second-order valence-electron chi connectivity index (χ2n) is 6.81. The lowest BCUT2D eigenvalue weighted by molar-refractivity contribution is -0.121. The van der Waals surface area contributed by atoms with Crippen molar-refractivity contribution >= 4 is 5.91 Å². The summed E-state index contributed by atoms with van der Waals surface area (Å²) in [6.45, 7) is 1.91. The zero-order valence-corrected chi connectivity index (χ0v) is 16.2. The fourth-order valence-electron chi connectivity index (χ4n) is 2.97. The Balaban J connectivity index is 1.74. The van der Waals surface area contributed by atoms with Crippen LogP contribution in [0.1, 0.15) is 18.9 Å². The number of amides is 1. The summed E-state index contributed by atoms with van der Waals surface area (Å²) in [6.07, 6.45) is 0.382. The molecule has 30 heavy (non-hydrogen) atoms. The maximum atomic E-state index is 13.7. The van der Waals surface area contributed by atoms with Gasteiger partial charge in [-0.05, 0) is 42.3 Å². The molecule has 1 aromatic heterocycles. The normalized spacial score (nSPS) is 11.9. The highest BCUT2D eigenvalue weighted by Crippen LogP contribution is 2.18. The quantitative estimate of drug-likeness (QED) is 0.643. The van der Waals surface area contributed by atoms with Crippen molar-refractivity contribution in [1.29, 1.82) is 0 Å². The van der Waals surface area contributed by atoms with Gasteiger partial charge in [0, 0.05) is 17.7 Å². The monoisotopic (exact) mass is 415 g/mol. The number of nitrogens with one attached hydrogen (secondary N) is 1. The third kappa shape index (κ3) is 5.14. The highest BCUT2D eigenvalue weighted by atomic mass is 19.2. The first-order valence-corrected chi connectivity index (χ1v) is 9.43. The number of benzene rings is 2. The highest BCUT2D eigenvalue weighted by Gasteiger charge is 2.15. The van der Waals surface area contributed by atoms with Crippen LogP contribution >= 0.6 is 0 Å². The first kappa shape index (κ1) is 21.3. The lowest BCUT2D eigenvalue weighted by atomic mass is 10.1. The van der Waals surface area contributed by atoms with Crippen LogP contribution in [0.2, 0.25) is 0 Å². The van der Waals surface area contributed by atoms with Crippen LogP contribution in [-0.4, -0.2) is 21.7 Å². The van der Waals surface area contributed by atoms with Gasteiger partial charge in [-0.2, -0.15) is 5.10 Å². The Morgan fingerprint density at radius 3 is 2.50 bits per heavy atom. The molecule has 0 aliphatic carbocycles. The Morgan fingerprint density at radius 2 is 1.80 bits per heavy atom. The SMILES string of the molecule is CC[C@H](Cn1nc(-c2ccc(F)c(F)c2)ccc1=O)NC(=O)Cc1ccccc1F. The predicted octanol–water partition coefficient (Wildman–Crippen LogP) is 3.47. The Kier molecular flexibility index (Phi) is 6.66. The molecule has 0 bridgehead atoms. The number of aromatic nitrogens is 2. The second-order valence-corrected chi connectivity index (χ2v) is 6.81. The lowest BCUT2D eigenvalue weighted by Gasteiger charge is -2.18. The van der Waals surface area contributed by atoms with E-state index >= 15 is 0 Å². The second kappa shape index (κ2) is 9.39. The molecule has 5 nitrogen and oxygen atoms in total. The van der Waals surface area contributed by atoms with Crippen LogP contribution in [-0.2, 0) is 17.8 Å². The number of hydrogen-bond donors (Lipinski definition) is 1. The van der Waals surface area contributed by atoms with E-state index in [2.05, 4.69) is 10.4 Å². The van der Waals surface area contributed by atoms with Gasteiger partial charge in [-0.15, -0.1) is 0 Å². The van der Waals surface area contributed by atoms with E-state index in [1.165, 1.54) is 30.3 Å². The highest BCUT2D eigenvalue weighted by molar-refractivity contribution is 5.78. The fraction of sp³-hybridized carbons (Fsp3) is 0.227. The molecule has 0 aliphatic rings. The van der Waals surface area contributed by atoms with Crippen LogP contribution in [0.25, 0.3) is 11.3 Å². The van der Waals surface area contributed by atoms with Crippen LogP contribution in [0.4, 0.5) is 13.2 Å². The molecule has 1 heterocycles.